The van der Waals surface area contributed by atoms with Crippen LogP contribution < -0.4 is 0 Å². The Hall–Kier alpha value is -1.40. The molecule has 0 atom stereocenters. The zero-order valence-electron chi connectivity index (χ0n) is 9.29. The van der Waals surface area contributed by atoms with Crippen LogP contribution in [0.4, 0.5) is 8.78 Å². The van der Waals surface area contributed by atoms with E-state index in [1.165, 1.54) is 21.1 Å². The smallest absolute Gasteiger partial charge is 0.188 e. The van der Waals surface area contributed by atoms with Crippen LogP contribution in [0.25, 0.3) is 0 Å². The van der Waals surface area contributed by atoms with E-state index in [-0.39, 0.29) is 0 Å². The first-order valence-electron chi connectivity index (χ1n) is 4.33. The third-order valence-corrected chi connectivity index (χ3v) is 1.77. The van der Waals surface area contributed by atoms with Crippen molar-refractivity contribution in [2.45, 2.75) is 13.2 Å². The van der Waals surface area contributed by atoms with Crippen LogP contribution in [0.2, 0.25) is 0 Å². The van der Waals surface area contributed by atoms with Gasteiger partial charge in [0.1, 0.15) is 11.5 Å². The normalized spacial score (nSPS) is 13.8. The Labute approximate surface area is 92.2 Å². The summed E-state index contributed by atoms with van der Waals surface area (Å²) in [6, 6.07) is 0. The van der Waals surface area contributed by atoms with Crippen molar-refractivity contribution in [2.75, 3.05) is 14.2 Å². The van der Waals surface area contributed by atoms with E-state index in [2.05, 4.69) is 11.8 Å². The average molecular weight is 233 g/mol. The highest BCUT2D eigenvalue weighted by atomic mass is 19.1. The first-order valence-corrected chi connectivity index (χ1v) is 4.33. The van der Waals surface area contributed by atoms with Crippen LogP contribution in [0, 0.1) is 4.91 Å². The molecule has 0 spiro atoms. The van der Waals surface area contributed by atoms with Gasteiger partial charge in [-0.25, -0.2) is 8.78 Å². The molecule has 0 heterocycles. The van der Waals surface area contributed by atoms with Crippen LogP contribution in [-0.4, -0.2) is 20.5 Å². The third-order valence-electron chi connectivity index (χ3n) is 1.77. The first kappa shape index (κ1) is 14.6. The number of ether oxygens (including phenoxy) is 2. The van der Waals surface area contributed by atoms with Crippen molar-refractivity contribution in [3.63, 3.8) is 0 Å². The van der Waals surface area contributed by atoms with E-state index in [0.717, 1.165) is 6.08 Å². The van der Waals surface area contributed by atoms with E-state index in [9.17, 15) is 13.7 Å². The number of rotatable bonds is 6. The van der Waals surface area contributed by atoms with Gasteiger partial charge in [-0.05, 0) is 12.1 Å². The fraction of sp³-hybridized carbons (Fsp3) is 0.400. The topological polar surface area (TPSA) is 47.9 Å². The molecule has 0 fully saturated rings. The van der Waals surface area contributed by atoms with Crippen LogP contribution in [0.15, 0.2) is 40.8 Å². The number of allylic oxidation sites excluding steroid dienone is 2. The summed E-state index contributed by atoms with van der Waals surface area (Å²) in [5, 5.41) is 2.29. The first-order chi connectivity index (χ1) is 7.53. The van der Waals surface area contributed by atoms with Gasteiger partial charge in [-0.2, -0.15) is 0 Å². The number of methoxy groups -OCH3 is 2. The quantitative estimate of drug-likeness (QED) is 0.402. The molecule has 0 aromatic heterocycles. The number of hydrogen-bond acceptors (Lipinski definition) is 4. The van der Waals surface area contributed by atoms with Crippen molar-refractivity contribution in [1.29, 1.82) is 0 Å². The van der Waals surface area contributed by atoms with Crippen LogP contribution >= 0.6 is 0 Å². The highest BCUT2D eigenvalue weighted by molar-refractivity contribution is 5.38. The van der Waals surface area contributed by atoms with Gasteiger partial charge in [0.25, 0.3) is 0 Å². The predicted molar refractivity (Wildman–Crippen MR) is 55.7 cm³/mol. The summed E-state index contributed by atoms with van der Waals surface area (Å²) in [5.74, 6) is -2.10. The lowest BCUT2D eigenvalue weighted by Crippen LogP contribution is -2.18. The molecule has 0 aliphatic rings. The minimum atomic E-state index is -1.27. The molecular formula is C10H13F2NO3. The van der Waals surface area contributed by atoms with E-state index < -0.39 is 29.2 Å². The summed E-state index contributed by atoms with van der Waals surface area (Å²) in [6.45, 7) is 4.41. The lowest BCUT2D eigenvalue weighted by atomic mass is 10.1. The standard InChI is InChI=1S/C10H13F2NO3/c1-5-7(11)8(10(15-3)16-4)9(12)6(2)13-14/h5,10H,2H2,1,3-4H3/b7-5+,9-8-. The molecule has 0 saturated carbocycles. The van der Waals surface area contributed by atoms with Gasteiger partial charge in [0.15, 0.2) is 12.1 Å². The van der Waals surface area contributed by atoms with Crippen LogP contribution in [-0.2, 0) is 9.47 Å². The Morgan fingerprint density at radius 1 is 1.38 bits per heavy atom. The minimum absolute atomic E-state index is 0.544. The summed E-state index contributed by atoms with van der Waals surface area (Å²) in [5.41, 5.74) is -1.26. The number of nitroso groups, excluding NO2 is 1. The van der Waals surface area contributed by atoms with E-state index >= 15 is 0 Å². The van der Waals surface area contributed by atoms with Gasteiger partial charge >= 0.3 is 0 Å². The van der Waals surface area contributed by atoms with Crippen molar-refractivity contribution in [1.82, 2.24) is 0 Å². The molecule has 0 aromatic rings. The molecule has 0 aromatic carbocycles. The molecule has 6 heteroatoms. The zero-order valence-corrected chi connectivity index (χ0v) is 9.29. The Balaban J connectivity index is 5.55. The molecule has 4 nitrogen and oxygen atoms in total. The van der Waals surface area contributed by atoms with Crippen molar-refractivity contribution in [3.8, 4) is 0 Å². The lowest BCUT2D eigenvalue weighted by molar-refractivity contribution is -0.0758. The second-order valence-electron chi connectivity index (χ2n) is 2.71. The van der Waals surface area contributed by atoms with E-state index in [1.807, 2.05) is 0 Å². The van der Waals surface area contributed by atoms with Crippen molar-refractivity contribution < 1.29 is 18.3 Å². The largest absolute Gasteiger partial charge is 0.351 e. The van der Waals surface area contributed by atoms with Gasteiger partial charge in [-0.15, -0.1) is 4.91 Å². The molecule has 0 saturated heterocycles. The second kappa shape index (κ2) is 6.97. The Kier molecular flexibility index (Phi) is 6.36. The molecule has 0 rings (SSSR count). The van der Waals surface area contributed by atoms with Gasteiger partial charge in [0.2, 0.25) is 0 Å². The summed E-state index contributed by atoms with van der Waals surface area (Å²) in [4.78, 5) is 10.1. The molecule has 90 valence electrons. The van der Waals surface area contributed by atoms with Gasteiger partial charge < -0.3 is 9.47 Å². The Morgan fingerprint density at radius 2 is 1.88 bits per heavy atom. The average Bonchev–Trinajstić information content (AvgIpc) is 2.32. The molecule has 0 aliphatic heterocycles. The maximum atomic E-state index is 13.6. The SMILES string of the molecule is C=C(N=O)/C(F)=C(\C(F)=C/C)C(OC)OC. The molecular weight excluding hydrogens is 220 g/mol. The molecule has 16 heavy (non-hydrogen) atoms. The highest BCUT2D eigenvalue weighted by Crippen LogP contribution is 2.27. The van der Waals surface area contributed by atoms with Gasteiger partial charge in [-0.1, -0.05) is 12.7 Å². The van der Waals surface area contributed by atoms with Gasteiger partial charge in [0.05, 0.1) is 5.57 Å². The molecule has 0 radical (unpaired) electrons. The van der Waals surface area contributed by atoms with Crippen molar-refractivity contribution in [2.24, 2.45) is 5.18 Å². The Bertz CT molecular complexity index is 333. The summed E-state index contributed by atoms with van der Waals surface area (Å²) >= 11 is 0. The maximum absolute atomic E-state index is 13.6. The maximum Gasteiger partial charge on any atom is 0.188 e. The third kappa shape index (κ3) is 3.32. The van der Waals surface area contributed by atoms with E-state index in [1.54, 1.807) is 0 Å². The zero-order chi connectivity index (χ0) is 12.7. The van der Waals surface area contributed by atoms with E-state index in [0.29, 0.717) is 0 Å². The van der Waals surface area contributed by atoms with Crippen molar-refractivity contribution >= 4 is 0 Å². The Morgan fingerprint density at radius 3 is 2.19 bits per heavy atom. The van der Waals surface area contributed by atoms with Crippen LogP contribution in [0.1, 0.15) is 6.92 Å². The number of halogens is 2. The molecule has 0 unspecified atom stereocenters. The fourth-order valence-electron chi connectivity index (χ4n) is 1.00. The van der Waals surface area contributed by atoms with Crippen molar-refractivity contribution in [3.05, 3.63) is 40.5 Å². The van der Waals surface area contributed by atoms with Gasteiger partial charge in [-0.3, -0.25) is 0 Å². The number of hydrogen-bond donors (Lipinski definition) is 0. The highest BCUT2D eigenvalue weighted by Gasteiger charge is 2.24. The number of nitrogens with zero attached hydrogens (tertiary/aromatic N) is 1. The lowest BCUT2D eigenvalue weighted by Gasteiger charge is -2.16. The predicted octanol–water partition coefficient (Wildman–Crippen LogP) is 2.98. The molecule has 0 aliphatic carbocycles. The fourth-order valence-corrected chi connectivity index (χ4v) is 1.00. The molecule has 0 bridgehead atoms. The van der Waals surface area contributed by atoms with Crippen LogP contribution in [0.5, 0.6) is 0 Å². The minimum Gasteiger partial charge on any atom is -0.351 e. The molecule has 0 N–H and O–H groups in total. The van der Waals surface area contributed by atoms with E-state index in [4.69, 9.17) is 9.47 Å². The monoisotopic (exact) mass is 233 g/mol. The van der Waals surface area contributed by atoms with Crippen LogP contribution in [0.3, 0.4) is 0 Å². The molecule has 0 amide bonds. The second-order valence-corrected chi connectivity index (χ2v) is 2.71. The summed E-state index contributed by atoms with van der Waals surface area (Å²) < 4.78 is 36.4. The summed E-state index contributed by atoms with van der Waals surface area (Å²) in [7, 11) is 2.42. The van der Waals surface area contributed by atoms with Gasteiger partial charge in [0, 0.05) is 14.2 Å². The summed E-state index contributed by atoms with van der Waals surface area (Å²) in [6.07, 6.45) is -0.257.